The number of piperidine rings is 1. The molecular weight excluding hydrogens is 438 g/mol. The number of benzene rings is 1. The fourth-order valence-corrected chi connectivity index (χ4v) is 6.26. The van der Waals surface area contributed by atoms with E-state index in [2.05, 4.69) is 14.5 Å². The summed E-state index contributed by atoms with van der Waals surface area (Å²) in [6, 6.07) is 3.96. The lowest BCUT2D eigenvalue weighted by Gasteiger charge is -2.31. The zero-order chi connectivity index (χ0) is 22.2. The molecule has 0 atom stereocenters. The van der Waals surface area contributed by atoms with Crippen LogP contribution in [0.1, 0.15) is 40.8 Å². The molecule has 0 amide bonds. The van der Waals surface area contributed by atoms with Crippen molar-refractivity contribution in [2.45, 2.75) is 44.0 Å². The monoisotopic (exact) mass is 461 g/mol. The van der Waals surface area contributed by atoms with E-state index in [-0.39, 0.29) is 16.5 Å². The molecule has 1 fully saturated rings. The van der Waals surface area contributed by atoms with E-state index in [0.29, 0.717) is 38.0 Å². The molecule has 11 heteroatoms. The van der Waals surface area contributed by atoms with E-state index in [1.807, 2.05) is 18.5 Å². The summed E-state index contributed by atoms with van der Waals surface area (Å²) in [6.07, 6.45) is 4.98. The van der Waals surface area contributed by atoms with E-state index in [1.54, 1.807) is 24.5 Å². The van der Waals surface area contributed by atoms with Crippen LogP contribution in [0.2, 0.25) is 0 Å². The predicted octanol–water partition coefficient (Wildman–Crippen LogP) is 3.48. The third-order valence-corrected chi connectivity index (χ3v) is 8.43. The van der Waals surface area contributed by atoms with Gasteiger partial charge in [-0.15, -0.1) is 11.3 Å². The van der Waals surface area contributed by atoms with Crippen molar-refractivity contribution in [1.82, 2.24) is 18.8 Å². The summed E-state index contributed by atoms with van der Waals surface area (Å²) in [5, 5.41) is 14.1. The Morgan fingerprint density at radius 2 is 2.00 bits per heavy atom. The molecule has 2 aromatic heterocycles. The Balaban J connectivity index is 1.49. The van der Waals surface area contributed by atoms with E-state index in [4.69, 9.17) is 0 Å². The molecule has 0 radical (unpaired) electrons. The van der Waals surface area contributed by atoms with Crippen molar-refractivity contribution in [3.05, 3.63) is 68.2 Å². The van der Waals surface area contributed by atoms with E-state index in [0.717, 1.165) is 22.6 Å². The number of imidazole rings is 1. The number of hydrogen-bond acceptors (Lipinski definition) is 7. The summed E-state index contributed by atoms with van der Waals surface area (Å²) < 4.78 is 29.8. The number of aryl methyl sites for hydroxylation is 2. The van der Waals surface area contributed by atoms with Crippen molar-refractivity contribution >= 4 is 27.0 Å². The minimum atomic E-state index is -3.80. The first-order chi connectivity index (χ1) is 14.8. The lowest BCUT2D eigenvalue weighted by atomic mass is 9.97. The average molecular weight is 462 g/mol. The number of thiazole rings is 1. The fraction of sp³-hybridized carbons (Fsp3) is 0.400. The first kappa shape index (κ1) is 21.6. The lowest BCUT2D eigenvalue weighted by molar-refractivity contribution is -0.385. The molecule has 0 N–H and O–H groups in total. The molecule has 3 aromatic rings. The molecule has 164 valence electrons. The molecule has 1 aromatic carbocycles. The number of non-ortho nitro benzene ring substituents is 1. The lowest BCUT2D eigenvalue weighted by Crippen LogP contribution is -2.38. The van der Waals surface area contributed by atoms with Crippen molar-refractivity contribution in [2.24, 2.45) is 0 Å². The number of rotatable bonds is 6. The minimum absolute atomic E-state index is 0.000511. The van der Waals surface area contributed by atoms with Gasteiger partial charge in [0, 0.05) is 48.9 Å². The maximum atomic E-state index is 13.2. The van der Waals surface area contributed by atoms with Crippen LogP contribution >= 0.6 is 11.3 Å². The van der Waals surface area contributed by atoms with Gasteiger partial charge < -0.3 is 4.57 Å². The van der Waals surface area contributed by atoms with E-state index in [9.17, 15) is 18.5 Å². The van der Waals surface area contributed by atoms with Crippen molar-refractivity contribution in [3.8, 4) is 0 Å². The molecule has 0 saturated carbocycles. The van der Waals surface area contributed by atoms with Crippen molar-refractivity contribution in [3.63, 3.8) is 0 Å². The van der Waals surface area contributed by atoms with Crippen LogP contribution in [0.3, 0.4) is 0 Å². The molecule has 31 heavy (non-hydrogen) atoms. The van der Waals surface area contributed by atoms with Crippen LogP contribution < -0.4 is 0 Å². The van der Waals surface area contributed by atoms with Gasteiger partial charge in [-0.05, 0) is 32.3 Å². The number of nitro benzene ring substituents is 1. The zero-order valence-corrected chi connectivity index (χ0v) is 18.9. The molecule has 1 saturated heterocycles. The van der Waals surface area contributed by atoms with Gasteiger partial charge in [0.1, 0.15) is 5.82 Å². The highest BCUT2D eigenvalue weighted by Gasteiger charge is 2.33. The SMILES string of the molecule is Cc1nc(Cn2ccnc2C2CCN(S(=O)(=O)c3cc([N+](=O)[O-])ccc3C)CC2)cs1. The quantitative estimate of drug-likeness (QED) is 0.410. The highest BCUT2D eigenvalue weighted by atomic mass is 32.2. The van der Waals surface area contributed by atoms with Gasteiger partial charge in [0.05, 0.1) is 27.1 Å². The third-order valence-electron chi connectivity index (χ3n) is 5.57. The topological polar surface area (TPSA) is 111 Å². The summed E-state index contributed by atoms with van der Waals surface area (Å²) >= 11 is 1.61. The number of nitro groups is 1. The highest BCUT2D eigenvalue weighted by molar-refractivity contribution is 7.89. The van der Waals surface area contributed by atoms with Gasteiger partial charge in [-0.25, -0.2) is 18.4 Å². The Labute approximate surface area is 184 Å². The van der Waals surface area contributed by atoms with Gasteiger partial charge in [-0.1, -0.05) is 6.07 Å². The maximum absolute atomic E-state index is 13.2. The first-order valence-electron chi connectivity index (χ1n) is 9.93. The van der Waals surface area contributed by atoms with E-state index in [1.165, 1.54) is 16.4 Å². The van der Waals surface area contributed by atoms with Gasteiger partial charge in [0.25, 0.3) is 5.69 Å². The van der Waals surface area contributed by atoms with Crippen LogP contribution in [-0.4, -0.2) is 45.3 Å². The number of hydrogen-bond donors (Lipinski definition) is 0. The van der Waals surface area contributed by atoms with Crippen LogP contribution in [0.15, 0.2) is 40.9 Å². The average Bonchev–Trinajstić information content (AvgIpc) is 3.37. The van der Waals surface area contributed by atoms with Crippen LogP contribution in [0.4, 0.5) is 5.69 Å². The van der Waals surface area contributed by atoms with Gasteiger partial charge in [-0.3, -0.25) is 10.1 Å². The van der Waals surface area contributed by atoms with Crippen LogP contribution in [0, 0.1) is 24.0 Å². The molecule has 3 heterocycles. The van der Waals surface area contributed by atoms with Crippen molar-refractivity contribution < 1.29 is 13.3 Å². The summed E-state index contributed by atoms with van der Waals surface area (Å²) in [7, 11) is -3.80. The summed E-state index contributed by atoms with van der Waals surface area (Å²) in [4.78, 5) is 19.6. The Hall–Kier alpha value is -2.63. The highest BCUT2D eigenvalue weighted by Crippen LogP contribution is 2.32. The summed E-state index contributed by atoms with van der Waals surface area (Å²) in [5.74, 6) is 1.08. The second-order valence-corrected chi connectivity index (χ2v) is 10.6. The molecule has 9 nitrogen and oxygen atoms in total. The van der Waals surface area contributed by atoms with Crippen LogP contribution in [0.5, 0.6) is 0 Å². The van der Waals surface area contributed by atoms with Crippen molar-refractivity contribution in [2.75, 3.05) is 13.1 Å². The molecule has 0 unspecified atom stereocenters. The fourth-order valence-electron chi connectivity index (χ4n) is 3.94. The van der Waals surface area contributed by atoms with E-state index < -0.39 is 14.9 Å². The first-order valence-corrected chi connectivity index (χ1v) is 12.2. The Kier molecular flexibility index (Phi) is 5.91. The van der Waals surface area contributed by atoms with Gasteiger partial charge in [0.15, 0.2) is 0 Å². The molecule has 0 aliphatic carbocycles. The molecule has 4 rings (SSSR count). The van der Waals surface area contributed by atoms with Gasteiger partial charge in [-0.2, -0.15) is 4.31 Å². The van der Waals surface area contributed by atoms with Crippen LogP contribution in [-0.2, 0) is 16.6 Å². The van der Waals surface area contributed by atoms with Crippen LogP contribution in [0.25, 0.3) is 0 Å². The largest absolute Gasteiger partial charge is 0.329 e. The second kappa shape index (κ2) is 8.48. The third kappa shape index (κ3) is 4.39. The molecule has 1 aliphatic rings. The number of sulfonamides is 1. The Morgan fingerprint density at radius 1 is 1.26 bits per heavy atom. The Morgan fingerprint density at radius 3 is 2.65 bits per heavy atom. The molecule has 0 spiro atoms. The second-order valence-electron chi connectivity index (χ2n) is 7.66. The predicted molar refractivity (Wildman–Crippen MR) is 117 cm³/mol. The number of nitrogens with zero attached hydrogens (tertiary/aromatic N) is 5. The maximum Gasteiger partial charge on any atom is 0.270 e. The van der Waals surface area contributed by atoms with E-state index >= 15 is 0 Å². The standard InChI is InChI=1S/C20H23N5O4S2/c1-14-3-4-18(25(26)27)11-19(14)31(28,29)24-8-5-16(6-9-24)20-21-7-10-23(20)12-17-13-30-15(2)22-17/h3-4,7,10-11,13,16H,5-6,8-9,12H2,1-2H3. The van der Waals surface area contributed by atoms with Gasteiger partial charge in [0.2, 0.25) is 10.0 Å². The smallest absolute Gasteiger partial charge is 0.270 e. The molecular formula is C20H23N5O4S2. The Bertz CT molecular complexity index is 1210. The normalized spacial score (nSPS) is 15.9. The number of aromatic nitrogens is 3. The summed E-state index contributed by atoms with van der Waals surface area (Å²) in [5.41, 5.74) is 1.27. The summed E-state index contributed by atoms with van der Waals surface area (Å²) in [6.45, 7) is 4.96. The zero-order valence-electron chi connectivity index (χ0n) is 17.3. The van der Waals surface area contributed by atoms with Crippen molar-refractivity contribution in [1.29, 1.82) is 0 Å². The van der Waals surface area contributed by atoms with Gasteiger partial charge >= 0.3 is 0 Å². The molecule has 1 aliphatic heterocycles. The minimum Gasteiger partial charge on any atom is -0.329 e. The molecule has 0 bridgehead atoms.